The van der Waals surface area contributed by atoms with E-state index < -0.39 is 22.2 Å². The number of carbonyl (C=O) groups excluding carboxylic acids is 1. The average molecular weight is 541 g/mol. The van der Waals surface area contributed by atoms with E-state index >= 15 is 0 Å². The molecule has 38 heavy (non-hydrogen) atoms. The lowest BCUT2D eigenvalue weighted by molar-refractivity contribution is -0.122. The second-order valence-corrected chi connectivity index (χ2v) is 11.7. The van der Waals surface area contributed by atoms with E-state index in [1.807, 2.05) is 24.3 Å². The molecule has 1 amide bonds. The van der Waals surface area contributed by atoms with Crippen molar-refractivity contribution in [2.75, 3.05) is 12.8 Å². The van der Waals surface area contributed by atoms with Gasteiger partial charge in [0, 0.05) is 12.1 Å². The molecule has 0 radical (unpaired) electrons. The lowest BCUT2D eigenvalue weighted by Crippen LogP contribution is -2.39. The smallest absolute Gasteiger partial charge is 0.244 e. The van der Waals surface area contributed by atoms with Crippen LogP contribution < -0.4 is 10.0 Å². The minimum Gasteiger partial charge on any atom is -0.438 e. The zero-order chi connectivity index (χ0) is 27.0. The number of nitrogens with zero attached hydrogens (tertiary/aromatic N) is 2. The number of rotatable bonds is 11. The number of carbonyl (C=O) groups is 1. The first-order valence-corrected chi connectivity index (χ1v) is 15.1. The number of amides is 1. The summed E-state index contributed by atoms with van der Waals surface area (Å²) in [5, 5.41) is 13.4. The SMILES string of the molecule is CS(=O)(=O)NC(=NC(CC1CCCCC1)C(=O)NCCCC(O)c1nc2ccccc2o1)c1ccccc1. The van der Waals surface area contributed by atoms with Crippen molar-refractivity contribution in [3.05, 3.63) is 66.1 Å². The summed E-state index contributed by atoms with van der Waals surface area (Å²) in [4.78, 5) is 22.3. The number of amidine groups is 1. The summed E-state index contributed by atoms with van der Waals surface area (Å²) in [6, 6.07) is 15.6. The molecule has 0 saturated heterocycles. The number of aliphatic imine (C=N–C) groups is 1. The summed E-state index contributed by atoms with van der Waals surface area (Å²) in [6.07, 6.45) is 7.17. The van der Waals surface area contributed by atoms with Gasteiger partial charge in [0.05, 0.1) is 6.26 Å². The van der Waals surface area contributed by atoms with E-state index in [0.29, 0.717) is 48.4 Å². The molecule has 0 spiro atoms. The minimum atomic E-state index is -3.60. The van der Waals surface area contributed by atoms with Crippen LogP contribution in [0, 0.1) is 5.92 Å². The normalized spacial score (nSPS) is 16.7. The maximum Gasteiger partial charge on any atom is 0.244 e. The average Bonchev–Trinajstić information content (AvgIpc) is 3.35. The predicted octanol–water partition coefficient (Wildman–Crippen LogP) is 4.09. The highest BCUT2D eigenvalue weighted by atomic mass is 32.2. The summed E-state index contributed by atoms with van der Waals surface area (Å²) < 4.78 is 32.3. The molecule has 10 heteroatoms. The van der Waals surface area contributed by atoms with E-state index in [9.17, 15) is 18.3 Å². The van der Waals surface area contributed by atoms with Gasteiger partial charge in [-0.2, -0.15) is 0 Å². The molecule has 1 heterocycles. The number of hydrogen-bond acceptors (Lipinski definition) is 7. The number of aromatic nitrogens is 1. The lowest BCUT2D eigenvalue weighted by Gasteiger charge is -2.25. The van der Waals surface area contributed by atoms with Crippen LogP contribution >= 0.6 is 0 Å². The molecule has 1 aliphatic rings. The molecular weight excluding hydrogens is 504 g/mol. The van der Waals surface area contributed by atoms with Crippen LogP contribution in [0.5, 0.6) is 0 Å². The molecule has 1 saturated carbocycles. The molecule has 3 aromatic rings. The van der Waals surface area contributed by atoms with Crippen molar-refractivity contribution in [2.24, 2.45) is 10.9 Å². The van der Waals surface area contributed by atoms with Crippen molar-refractivity contribution >= 4 is 32.9 Å². The van der Waals surface area contributed by atoms with Gasteiger partial charge < -0.3 is 14.8 Å². The Labute approximate surface area is 223 Å². The standard InChI is InChI=1S/C28H36N4O5S/c1-38(35,36)32-26(21-13-6-3-7-14-21)30-23(19-20-11-4-2-5-12-20)27(34)29-18-10-16-24(33)28-31-22-15-8-9-17-25(22)37-28/h3,6-9,13-15,17,20,23-24,33H,2,4-5,10-12,16,18-19H2,1H3,(H,29,34)(H,30,32). The second kappa shape index (κ2) is 13.0. The Morgan fingerprint density at radius 3 is 2.53 bits per heavy atom. The van der Waals surface area contributed by atoms with Gasteiger partial charge in [0.2, 0.25) is 21.8 Å². The van der Waals surface area contributed by atoms with Gasteiger partial charge in [-0.3, -0.25) is 14.5 Å². The summed E-state index contributed by atoms with van der Waals surface area (Å²) in [5.74, 6) is 0.530. The fraction of sp³-hybridized carbons (Fsp3) is 0.464. The van der Waals surface area contributed by atoms with Crippen molar-refractivity contribution in [1.82, 2.24) is 15.0 Å². The first-order valence-electron chi connectivity index (χ1n) is 13.2. The Morgan fingerprint density at radius 1 is 1.11 bits per heavy atom. The number of fused-ring (bicyclic) bond motifs is 1. The molecule has 2 unspecified atom stereocenters. The van der Waals surface area contributed by atoms with Gasteiger partial charge in [0.1, 0.15) is 23.5 Å². The predicted molar refractivity (Wildman–Crippen MR) is 147 cm³/mol. The molecule has 1 aromatic heterocycles. The second-order valence-electron chi connectivity index (χ2n) is 9.94. The number of oxazole rings is 1. The third-order valence-electron chi connectivity index (χ3n) is 6.75. The maximum absolute atomic E-state index is 13.3. The van der Waals surface area contributed by atoms with Crippen molar-refractivity contribution in [1.29, 1.82) is 0 Å². The summed E-state index contributed by atoms with van der Waals surface area (Å²) in [5.41, 5.74) is 1.91. The fourth-order valence-corrected chi connectivity index (χ4v) is 5.35. The third-order valence-corrected chi connectivity index (χ3v) is 7.31. The number of hydrogen-bond donors (Lipinski definition) is 3. The topological polar surface area (TPSA) is 134 Å². The van der Waals surface area contributed by atoms with Crippen molar-refractivity contribution in [3.8, 4) is 0 Å². The van der Waals surface area contributed by atoms with Gasteiger partial charge in [-0.05, 0) is 37.3 Å². The summed E-state index contributed by atoms with van der Waals surface area (Å²) >= 11 is 0. The van der Waals surface area contributed by atoms with Crippen LogP contribution in [0.4, 0.5) is 0 Å². The monoisotopic (exact) mass is 540 g/mol. The van der Waals surface area contributed by atoms with Crippen LogP contribution in [-0.4, -0.2) is 49.1 Å². The Bertz CT molecular complexity index is 1300. The molecule has 1 aliphatic carbocycles. The van der Waals surface area contributed by atoms with Gasteiger partial charge in [-0.25, -0.2) is 13.4 Å². The zero-order valence-electron chi connectivity index (χ0n) is 21.7. The fourth-order valence-electron chi connectivity index (χ4n) is 4.83. The molecular formula is C28H36N4O5S. The van der Waals surface area contributed by atoms with E-state index in [1.54, 1.807) is 30.3 Å². The summed E-state index contributed by atoms with van der Waals surface area (Å²) in [6.45, 7) is 0.340. The lowest BCUT2D eigenvalue weighted by atomic mass is 9.84. The van der Waals surface area contributed by atoms with Gasteiger partial charge in [-0.15, -0.1) is 0 Å². The Kier molecular flexibility index (Phi) is 9.52. The van der Waals surface area contributed by atoms with Gasteiger partial charge in [0.25, 0.3) is 0 Å². The molecule has 0 aliphatic heterocycles. The number of aliphatic hydroxyl groups is 1. The Morgan fingerprint density at radius 2 is 1.82 bits per heavy atom. The molecule has 2 atom stereocenters. The van der Waals surface area contributed by atoms with Crippen molar-refractivity contribution < 1.29 is 22.7 Å². The first-order chi connectivity index (χ1) is 18.3. The van der Waals surface area contributed by atoms with Crippen LogP contribution in [0.25, 0.3) is 11.1 Å². The quantitative estimate of drug-likeness (QED) is 0.191. The van der Waals surface area contributed by atoms with Crippen LogP contribution in [0.1, 0.15) is 68.9 Å². The van der Waals surface area contributed by atoms with E-state index in [2.05, 4.69) is 20.0 Å². The number of sulfonamides is 1. The molecule has 204 valence electrons. The van der Waals surface area contributed by atoms with Crippen LogP contribution in [0.15, 0.2) is 64.0 Å². The number of aliphatic hydroxyl groups excluding tert-OH is 1. The largest absolute Gasteiger partial charge is 0.438 e. The van der Waals surface area contributed by atoms with Crippen LogP contribution in [0.3, 0.4) is 0 Å². The van der Waals surface area contributed by atoms with E-state index in [-0.39, 0.29) is 17.6 Å². The minimum absolute atomic E-state index is 0.162. The number of benzene rings is 2. The highest BCUT2D eigenvalue weighted by molar-refractivity contribution is 7.89. The highest BCUT2D eigenvalue weighted by Gasteiger charge is 2.25. The van der Waals surface area contributed by atoms with Crippen molar-refractivity contribution in [3.63, 3.8) is 0 Å². The summed E-state index contributed by atoms with van der Waals surface area (Å²) in [7, 11) is -3.60. The maximum atomic E-state index is 13.3. The molecule has 1 fully saturated rings. The Balaban J connectivity index is 1.42. The Hall–Kier alpha value is -3.24. The van der Waals surface area contributed by atoms with E-state index in [0.717, 1.165) is 31.9 Å². The molecule has 9 nitrogen and oxygen atoms in total. The van der Waals surface area contributed by atoms with Gasteiger partial charge in [0.15, 0.2) is 5.58 Å². The van der Waals surface area contributed by atoms with Crippen molar-refractivity contribution in [2.45, 2.75) is 63.5 Å². The first kappa shape index (κ1) is 27.8. The zero-order valence-corrected chi connectivity index (χ0v) is 22.5. The molecule has 0 bridgehead atoms. The van der Waals surface area contributed by atoms with Crippen LogP contribution in [-0.2, 0) is 14.8 Å². The molecule has 2 aromatic carbocycles. The third kappa shape index (κ3) is 8.13. The van der Waals surface area contributed by atoms with E-state index in [4.69, 9.17) is 4.42 Å². The van der Waals surface area contributed by atoms with Gasteiger partial charge in [-0.1, -0.05) is 74.6 Å². The van der Waals surface area contributed by atoms with Gasteiger partial charge >= 0.3 is 0 Å². The van der Waals surface area contributed by atoms with E-state index in [1.165, 1.54) is 6.42 Å². The highest BCUT2D eigenvalue weighted by Crippen LogP contribution is 2.28. The van der Waals surface area contributed by atoms with Crippen LogP contribution in [0.2, 0.25) is 0 Å². The number of para-hydroxylation sites is 2. The molecule has 3 N–H and O–H groups in total. The molecule has 4 rings (SSSR count). The number of nitrogens with one attached hydrogen (secondary N) is 2.